The number of amides is 1. The second-order valence-electron chi connectivity index (χ2n) is 4.40. The van der Waals surface area contributed by atoms with E-state index in [1.165, 1.54) is 0 Å². The van der Waals surface area contributed by atoms with Gasteiger partial charge in [0, 0.05) is 18.8 Å². The fourth-order valence-corrected chi connectivity index (χ4v) is 1.78. The van der Waals surface area contributed by atoms with E-state index in [2.05, 4.69) is 22.2 Å². The zero-order chi connectivity index (χ0) is 13.7. The van der Waals surface area contributed by atoms with E-state index in [1.54, 1.807) is 12.4 Å². The van der Waals surface area contributed by atoms with Crippen molar-refractivity contribution in [3.8, 4) is 5.82 Å². The lowest BCUT2D eigenvalue weighted by molar-refractivity contribution is -0.116. The fourth-order valence-electron chi connectivity index (χ4n) is 1.78. The molecule has 2 rings (SSSR count). The minimum Gasteiger partial charge on any atom is -0.325 e. The van der Waals surface area contributed by atoms with Crippen molar-refractivity contribution in [2.24, 2.45) is 0 Å². The van der Waals surface area contributed by atoms with Crippen LogP contribution in [0.2, 0.25) is 0 Å². The number of aryl methyl sites for hydroxylation is 1. The standard InChI is InChI=1S/C14H18N4O/c1-3-4-5-14(19)17-12-6-7-13(16-10-12)18-9-8-15-11(18)2/h6-10H,3-5H2,1-2H3,(H,17,19). The first-order valence-electron chi connectivity index (χ1n) is 6.47. The summed E-state index contributed by atoms with van der Waals surface area (Å²) in [5.74, 6) is 1.71. The van der Waals surface area contributed by atoms with Crippen molar-refractivity contribution < 1.29 is 4.79 Å². The van der Waals surface area contributed by atoms with Gasteiger partial charge in [-0.05, 0) is 25.5 Å². The number of hydrogen-bond acceptors (Lipinski definition) is 3. The molecule has 0 aliphatic carbocycles. The third-order valence-electron chi connectivity index (χ3n) is 2.86. The molecule has 1 amide bonds. The Morgan fingerprint density at radius 3 is 2.79 bits per heavy atom. The molecular weight excluding hydrogens is 240 g/mol. The van der Waals surface area contributed by atoms with E-state index in [4.69, 9.17) is 0 Å². The number of hydrogen-bond donors (Lipinski definition) is 1. The van der Waals surface area contributed by atoms with Crippen LogP contribution in [-0.2, 0) is 4.79 Å². The van der Waals surface area contributed by atoms with Gasteiger partial charge in [0.2, 0.25) is 5.91 Å². The molecule has 0 aromatic carbocycles. The molecule has 0 aliphatic rings. The van der Waals surface area contributed by atoms with Gasteiger partial charge in [-0.2, -0.15) is 0 Å². The smallest absolute Gasteiger partial charge is 0.224 e. The Bertz CT molecular complexity index is 545. The fraction of sp³-hybridized carbons (Fsp3) is 0.357. The number of imidazole rings is 1. The molecule has 5 nitrogen and oxygen atoms in total. The van der Waals surface area contributed by atoms with Crippen molar-refractivity contribution in [3.05, 3.63) is 36.5 Å². The number of nitrogens with zero attached hydrogens (tertiary/aromatic N) is 3. The average molecular weight is 258 g/mol. The Morgan fingerprint density at radius 1 is 1.37 bits per heavy atom. The number of carbonyl (C=O) groups is 1. The first-order valence-corrected chi connectivity index (χ1v) is 6.47. The number of pyridine rings is 1. The lowest BCUT2D eigenvalue weighted by atomic mass is 10.2. The lowest BCUT2D eigenvalue weighted by Crippen LogP contribution is -2.11. The van der Waals surface area contributed by atoms with E-state index in [-0.39, 0.29) is 5.91 Å². The summed E-state index contributed by atoms with van der Waals surface area (Å²) >= 11 is 0. The highest BCUT2D eigenvalue weighted by molar-refractivity contribution is 5.90. The molecular formula is C14H18N4O. The molecule has 0 saturated heterocycles. The number of nitrogens with one attached hydrogen (secondary N) is 1. The highest BCUT2D eigenvalue weighted by Gasteiger charge is 2.04. The molecule has 0 bridgehead atoms. The van der Waals surface area contributed by atoms with Gasteiger partial charge in [0.1, 0.15) is 11.6 Å². The van der Waals surface area contributed by atoms with Crippen molar-refractivity contribution in [3.63, 3.8) is 0 Å². The summed E-state index contributed by atoms with van der Waals surface area (Å²) in [6.07, 6.45) is 7.74. The molecule has 0 saturated carbocycles. The molecule has 5 heteroatoms. The number of rotatable bonds is 5. The van der Waals surface area contributed by atoms with Gasteiger partial charge in [-0.25, -0.2) is 9.97 Å². The first kappa shape index (κ1) is 13.3. The van der Waals surface area contributed by atoms with Gasteiger partial charge in [-0.3, -0.25) is 9.36 Å². The summed E-state index contributed by atoms with van der Waals surface area (Å²) in [5.41, 5.74) is 0.725. The van der Waals surface area contributed by atoms with Crippen LogP contribution in [0.25, 0.3) is 5.82 Å². The Morgan fingerprint density at radius 2 is 2.21 bits per heavy atom. The summed E-state index contributed by atoms with van der Waals surface area (Å²) in [6, 6.07) is 3.72. The van der Waals surface area contributed by atoms with Gasteiger partial charge < -0.3 is 5.32 Å². The predicted molar refractivity (Wildman–Crippen MR) is 74.3 cm³/mol. The maximum atomic E-state index is 11.6. The summed E-state index contributed by atoms with van der Waals surface area (Å²) in [6.45, 7) is 3.99. The molecule has 2 aromatic heterocycles. The minimum absolute atomic E-state index is 0.0372. The molecule has 0 fully saturated rings. The van der Waals surface area contributed by atoms with Crippen LogP contribution >= 0.6 is 0 Å². The zero-order valence-electron chi connectivity index (χ0n) is 11.3. The molecule has 1 N–H and O–H groups in total. The van der Waals surface area contributed by atoms with Gasteiger partial charge >= 0.3 is 0 Å². The summed E-state index contributed by atoms with van der Waals surface area (Å²) in [5, 5.41) is 2.84. The van der Waals surface area contributed by atoms with Crippen molar-refractivity contribution in [2.75, 3.05) is 5.32 Å². The highest BCUT2D eigenvalue weighted by Crippen LogP contribution is 2.12. The Kier molecular flexibility index (Phi) is 4.28. The monoisotopic (exact) mass is 258 g/mol. The summed E-state index contributed by atoms with van der Waals surface area (Å²) in [4.78, 5) is 20.1. The normalized spacial score (nSPS) is 10.4. The third-order valence-corrected chi connectivity index (χ3v) is 2.86. The van der Waals surface area contributed by atoms with Crippen molar-refractivity contribution >= 4 is 11.6 Å². The highest BCUT2D eigenvalue weighted by atomic mass is 16.1. The van der Waals surface area contributed by atoms with Gasteiger partial charge in [0.15, 0.2) is 0 Å². The van der Waals surface area contributed by atoms with E-state index in [1.807, 2.05) is 29.8 Å². The van der Waals surface area contributed by atoms with E-state index < -0.39 is 0 Å². The van der Waals surface area contributed by atoms with Crippen LogP contribution in [0.5, 0.6) is 0 Å². The molecule has 0 radical (unpaired) electrons. The van der Waals surface area contributed by atoms with Crippen LogP contribution in [-0.4, -0.2) is 20.4 Å². The van der Waals surface area contributed by atoms with Gasteiger partial charge in [0.25, 0.3) is 0 Å². The number of aromatic nitrogens is 3. The second kappa shape index (κ2) is 6.13. The van der Waals surface area contributed by atoms with E-state index in [0.29, 0.717) is 6.42 Å². The second-order valence-corrected chi connectivity index (χ2v) is 4.40. The largest absolute Gasteiger partial charge is 0.325 e. The van der Waals surface area contributed by atoms with Crippen LogP contribution in [0.15, 0.2) is 30.7 Å². The molecule has 2 heterocycles. The van der Waals surface area contributed by atoms with Crippen LogP contribution in [0.3, 0.4) is 0 Å². The predicted octanol–water partition coefficient (Wildman–Crippen LogP) is 2.70. The quantitative estimate of drug-likeness (QED) is 0.897. The molecule has 19 heavy (non-hydrogen) atoms. The average Bonchev–Trinajstić information content (AvgIpc) is 2.83. The van der Waals surface area contributed by atoms with Gasteiger partial charge in [-0.15, -0.1) is 0 Å². The van der Waals surface area contributed by atoms with E-state index in [0.717, 1.165) is 30.2 Å². The molecule has 2 aromatic rings. The van der Waals surface area contributed by atoms with Crippen molar-refractivity contribution in [2.45, 2.75) is 33.1 Å². The number of unbranched alkanes of at least 4 members (excludes halogenated alkanes) is 1. The Labute approximate surface area is 112 Å². The van der Waals surface area contributed by atoms with Crippen molar-refractivity contribution in [1.82, 2.24) is 14.5 Å². The van der Waals surface area contributed by atoms with E-state index in [9.17, 15) is 4.79 Å². The SMILES string of the molecule is CCCCC(=O)Nc1ccc(-n2ccnc2C)nc1. The topological polar surface area (TPSA) is 59.8 Å². The van der Waals surface area contributed by atoms with Crippen LogP contribution < -0.4 is 5.32 Å². The minimum atomic E-state index is 0.0372. The number of anilines is 1. The lowest BCUT2D eigenvalue weighted by Gasteiger charge is -2.07. The molecule has 0 unspecified atom stereocenters. The molecule has 0 aliphatic heterocycles. The first-order chi connectivity index (χ1) is 9.20. The van der Waals surface area contributed by atoms with Crippen molar-refractivity contribution in [1.29, 1.82) is 0 Å². The maximum Gasteiger partial charge on any atom is 0.224 e. The molecule has 0 spiro atoms. The van der Waals surface area contributed by atoms with Gasteiger partial charge in [-0.1, -0.05) is 13.3 Å². The number of carbonyl (C=O) groups excluding carboxylic acids is 1. The van der Waals surface area contributed by atoms with Gasteiger partial charge in [0.05, 0.1) is 11.9 Å². The summed E-state index contributed by atoms with van der Waals surface area (Å²) < 4.78 is 1.89. The Hall–Kier alpha value is -2.17. The maximum absolute atomic E-state index is 11.6. The van der Waals surface area contributed by atoms with Crippen LogP contribution in [0.1, 0.15) is 32.0 Å². The third kappa shape index (κ3) is 3.40. The molecule has 100 valence electrons. The van der Waals surface area contributed by atoms with Crippen LogP contribution in [0, 0.1) is 6.92 Å². The molecule has 0 atom stereocenters. The zero-order valence-corrected chi connectivity index (χ0v) is 11.3. The Balaban J connectivity index is 2.03. The van der Waals surface area contributed by atoms with E-state index >= 15 is 0 Å². The summed E-state index contributed by atoms with van der Waals surface area (Å²) in [7, 11) is 0. The van der Waals surface area contributed by atoms with Crippen LogP contribution in [0.4, 0.5) is 5.69 Å².